The summed E-state index contributed by atoms with van der Waals surface area (Å²) in [6.07, 6.45) is 5.43. The summed E-state index contributed by atoms with van der Waals surface area (Å²) in [4.78, 5) is 0. The smallest absolute Gasteiger partial charge is 1.00 e. The van der Waals surface area contributed by atoms with E-state index >= 15 is 0 Å². The van der Waals surface area contributed by atoms with Crippen LogP contribution in [0.5, 0.6) is 0 Å². The molecule has 0 heterocycles. The minimum atomic E-state index is -2.45. The maximum atomic E-state index is 2.77. The summed E-state index contributed by atoms with van der Waals surface area (Å²) < 4.78 is 3.81. The molecule has 0 aromatic heterocycles. The molecular weight excluding hydrogens is 683 g/mol. The summed E-state index contributed by atoms with van der Waals surface area (Å²) in [6, 6.07) is 12.0. The van der Waals surface area contributed by atoms with Crippen molar-refractivity contribution in [3.8, 4) is 11.1 Å². The Labute approximate surface area is 295 Å². The summed E-state index contributed by atoms with van der Waals surface area (Å²) in [7, 11) is -1.39. The Kier molecular flexibility index (Phi) is 10.2. The number of rotatable bonds is 3. The maximum absolute atomic E-state index is 2.77. The average Bonchev–Trinajstić information content (AvgIpc) is 3.46. The van der Waals surface area contributed by atoms with Crippen molar-refractivity contribution in [3.05, 3.63) is 89.9 Å². The number of halogens is 2. The molecule has 3 aliphatic rings. The first-order chi connectivity index (χ1) is 20.0. The van der Waals surface area contributed by atoms with Crippen LogP contribution in [0.3, 0.4) is 0 Å². The van der Waals surface area contributed by atoms with Crippen molar-refractivity contribution in [2.24, 2.45) is 17.8 Å². The quantitative estimate of drug-likeness (QED) is 0.304. The van der Waals surface area contributed by atoms with Gasteiger partial charge in [-0.05, 0) is 0 Å². The minimum Gasteiger partial charge on any atom is -1.00 e. The number of aryl methyl sites for hydroxylation is 1. The number of hydrogen-bond acceptors (Lipinski definition) is 0. The fraction of sp³-hybridized carbons (Fsp3) is 0.488. The van der Waals surface area contributed by atoms with E-state index in [0.29, 0.717) is 29.6 Å². The van der Waals surface area contributed by atoms with Crippen LogP contribution in [0.1, 0.15) is 106 Å². The third kappa shape index (κ3) is 5.18. The molecular formula is C41H54Cl2SiZr. The van der Waals surface area contributed by atoms with Gasteiger partial charge < -0.3 is 24.8 Å². The summed E-state index contributed by atoms with van der Waals surface area (Å²) in [6.45, 7) is 35.3. The Hall–Kier alpha value is -1.05. The van der Waals surface area contributed by atoms with E-state index in [1.54, 1.807) is 36.2 Å². The Bertz CT molecular complexity index is 1800. The predicted octanol–water partition coefficient (Wildman–Crippen LogP) is 5.68. The van der Waals surface area contributed by atoms with Gasteiger partial charge in [0.25, 0.3) is 0 Å². The standard InChI is InChI=1S/C29H33.C9H15Si.C3H6.2ClH.Zr/c1-14-13-24-25(18(5)15(14)2)21(8)28-27-20(7)17(4)16(3)19(6)26(27)22-11-9-10-12-23(22)29(24)28;1-8-5-6-9(7-8)10(2,3)4;1-3-2;;;/h9-13,16-17,19,21H,1-8H3;6-8H,1-4H3;1-2H3;2*1H;/q;;;;;+2/p-2. The molecule has 4 heteroatoms. The first-order valence-electron chi connectivity index (χ1n) is 16.9. The zero-order chi connectivity index (χ0) is 31.5. The molecule has 0 spiro atoms. The van der Waals surface area contributed by atoms with Gasteiger partial charge in [-0.3, -0.25) is 0 Å². The molecule has 6 unspecified atom stereocenters. The Morgan fingerprint density at radius 2 is 1.42 bits per heavy atom. The third-order valence-corrected chi connectivity index (χ3v) is 24.2. The van der Waals surface area contributed by atoms with Crippen LogP contribution in [0.25, 0.3) is 21.9 Å². The van der Waals surface area contributed by atoms with E-state index < -0.39 is 29.3 Å². The molecule has 0 aliphatic heterocycles. The Balaban J connectivity index is 0.00000230. The zero-order valence-corrected chi connectivity index (χ0v) is 35.2. The third-order valence-electron chi connectivity index (χ3n) is 12.5. The average molecular weight is 737 g/mol. The van der Waals surface area contributed by atoms with Crippen LogP contribution in [0.4, 0.5) is 0 Å². The van der Waals surface area contributed by atoms with Crippen molar-refractivity contribution in [1.82, 2.24) is 0 Å². The number of benzene rings is 3. The van der Waals surface area contributed by atoms with Crippen LogP contribution in [-0.2, 0) is 24.4 Å². The molecule has 0 amide bonds. The van der Waals surface area contributed by atoms with Gasteiger partial charge in [-0.2, -0.15) is 0 Å². The van der Waals surface area contributed by atoms with Gasteiger partial charge in [-0.15, -0.1) is 0 Å². The van der Waals surface area contributed by atoms with Crippen LogP contribution in [0.2, 0.25) is 19.6 Å². The van der Waals surface area contributed by atoms with Gasteiger partial charge in [0.1, 0.15) is 0 Å². The molecule has 6 atom stereocenters. The molecule has 3 aromatic rings. The van der Waals surface area contributed by atoms with E-state index in [0.717, 1.165) is 0 Å². The van der Waals surface area contributed by atoms with Gasteiger partial charge in [-0.1, -0.05) is 0 Å². The number of hydrogen-bond donors (Lipinski definition) is 0. The van der Waals surface area contributed by atoms with E-state index in [1.165, 1.54) is 33.0 Å². The van der Waals surface area contributed by atoms with Crippen molar-refractivity contribution in [2.45, 2.75) is 111 Å². The second-order valence-corrected chi connectivity index (χ2v) is 29.4. The van der Waals surface area contributed by atoms with Crippen LogP contribution >= 0.6 is 0 Å². The van der Waals surface area contributed by atoms with Gasteiger partial charge in [-0.25, -0.2) is 0 Å². The molecule has 0 bridgehead atoms. The number of allylic oxidation sites excluding steroid dienone is 4. The SMILES string of the molecule is C[C](C)=[Zr+2]([C]1=CC([Si](C)(C)C)=CC1C)[C]1(C)c2c3c(c4ccccc4c2C(C)C(C)C1C)-c1cc(C)c(C)c(C)c1C3C.[Cl-].[Cl-]. The monoisotopic (exact) mass is 734 g/mol. The van der Waals surface area contributed by atoms with E-state index in [1.807, 2.05) is 3.28 Å². The number of fused-ring (bicyclic) bond motifs is 8. The van der Waals surface area contributed by atoms with Crippen LogP contribution in [-0.4, -0.2) is 11.3 Å². The Morgan fingerprint density at radius 3 is 1.98 bits per heavy atom. The van der Waals surface area contributed by atoms with Gasteiger partial charge in [0, 0.05) is 0 Å². The molecule has 45 heavy (non-hydrogen) atoms. The van der Waals surface area contributed by atoms with E-state index in [-0.39, 0.29) is 27.9 Å². The van der Waals surface area contributed by atoms with Crippen LogP contribution in [0.15, 0.2) is 51.0 Å². The summed E-state index contributed by atoms with van der Waals surface area (Å²) in [5.41, 5.74) is 14.2. The first-order valence-corrected chi connectivity index (χ1v) is 24.0. The molecule has 0 nitrogen and oxygen atoms in total. The summed E-state index contributed by atoms with van der Waals surface area (Å²) in [5.74, 6) is 2.81. The normalized spacial score (nSPS) is 26.5. The Morgan fingerprint density at radius 1 is 0.822 bits per heavy atom. The molecule has 0 fully saturated rings. The molecule has 3 aromatic carbocycles. The van der Waals surface area contributed by atoms with Crippen LogP contribution < -0.4 is 24.8 Å². The zero-order valence-electron chi connectivity index (χ0n) is 30.2. The predicted molar refractivity (Wildman–Crippen MR) is 190 cm³/mol. The second kappa shape index (κ2) is 12.4. The summed E-state index contributed by atoms with van der Waals surface area (Å²) >= 11 is -2.45. The summed E-state index contributed by atoms with van der Waals surface area (Å²) in [5, 5.41) is 4.70. The molecule has 3 aliphatic carbocycles. The molecule has 0 saturated heterocycles. The molecule has 0 N–H and O–H groups in total. The minimum absolute atomic E-state index is 0. The van der Waals surface area contributed by atoms with Crippen LogP contribution in [0, 0.1) is 38.5 Å². The maximum Gasteiger partial charge on any atom is -1.00 e. The van der Waals surface area contributed by atoms with Crippen molar-refractivity contribution in [2.75, 3.05) is 0 Å². The van der Waals surface area contributed by atoms with Crippen molar-refractivity contribution < 1.29 is 46.1 Å². The van der Waals surface area contributed by atoms with Gasteiger partial charge in [0.2, 0.25) is 0 Å². The largest absolute Gasteiger partial charge is 1.00 e. The van der Waals surface area contributed by atoms with Gasteiger partial charge in [0.15, 0.2) is 0 Å². The van der Waals surface area contributed by atoms with E-state index in [4.69, 9.17) is 0 Å². The fourth-order valence-electron chi connectivity index (χ4n) is 9.64. The van der Waals surface area contributed by atoms with Gasteiger partial charge >= 0.3 is 273 Å². The molecule has 240 valence electrons. The topological polar surface area (TPSA) is 0 Å². The molecule has 6 rings (SSSR count). The first kappa shape index (κ1) is 36.8. The van der Waals surface area contributed by atoms with Crippen molar-refractivity contribution in [3.63, 3.8) is 0 Å². The van der Waals surface area contributed by atoms with Crippen molar-refractivity contribution >= 4 is 22.1 Å². The second-order valence-electron chi connectivity index (χ2n) is 16.0. The van der Waals surface area contributed by atoms with Gasteiger partial charge in [0.05, 0.1) is 0 Å². The fourth-order valence-corrected chi connectivity index (χ4v) is 21.9. The molecule has 0 saturated carbocycles. The van der Waals surface area contributed by atoms with E-state index in [9.17, 15) is 0 Å². The van der Waals surface area contributed by atoms with Crippen molar-refractivity contribution in [1.29, 1.82) is 0 Å². The molecule has 0 radical (unpaired) electrons. The van der Waals surface area contributed by atoms with E-state index in [2.05, 4.69) is 138 Å².